The van der Waals surface area contributed by atoms with E-state index in [1.54, 1.807) is 0 Å². The highest BCUT2D eigenvalue weighted by Crippen LogP contribution is 2.38. The number of rotatable bonds is 5. The van der Waals surface area contributed by atoms with E-state index in [0.29, 0.717) is 5.92 Å². The number of carbonyl (C=O) groups excluding carboxylic acids is 1. The third-order valence-electron chi connectivity index (χ3n) is 6.04. The summed E-state index contributed by atoms with van der Waals surface area (Å²) in [7, 11) is 0. The fourth-order valence-corrected chi connectivity index (χ4v) is 4.61. The van der Waals surface area contributed by atoms with Gasteiger partial charge in [0.05, 0.1) is 6.10 Å². The van der Waals surface area contributed by atoms with Crippen LogP contribution in [0.2, 0.25) is 0 Å². The summed E-state index contributed by atoms with van der Waals surface area (Å²) in [6.07, 6.45) is 9.45. The Morgan fingerprint density at radius 3 is 2.38 bits per heavy atom. The molecule has 0 aromatic rings. The maximum absolute atomic E-state index is 13.0. The molecule has 0 unspecified atom stereocenters. The SMILES string of the molecule is CC[C@@H](NC(=O)C1(N2CCCC2)CCCC1)C1CC(O)C1. The predicted molar refractivity (Wildman–Crippen MR) is 83.0 cm³/mol. The van der Waals surface area contributed by atoms with Crippen molar-refractivity contribution >= 4 is 5.91 Å². The van der Waals surface area contributed by atoms with Gasteiger partial charge in [-0.25, -0.2) is 0 Å². The van der Waals surface area contributed by atoms with Crippen LogP contribution in [0, 0.1) is 5.92 Å². The Hall–Kier alpha value is -0.610. The van der Waals surface area contributed by atoms with E-state index >= 15 is 0 Å². The van der Waals surface area contributed by atoms with Crippen LogP contribution in [0.4, 0.5) is 0 Å². The smallest absolute Gasteiger partial charge is 0.240 e. The van der Waals surface area contributed by atoms with Gasteiger partial charge < -0.3 is 10.4 Å². The van der Waals surface area contributed by atoms with Crippen LogP contribution in [0.3, 0.4) is 0 Å². The highest BCUT2D eigenvalue weighted by Gasteiger charge is 2.48. The molecule has 0 bridgehead atoms. The van der Waals surface area contributed by atoms with E-state index in [2.05, 4.69) is 17.1 Å². The first kappa shape index (κ1) is 15.3. The number of hydrogen-bond donors (Lipinski definition) is 2. The van der Waals surface area contributed by atoms with Crippen molar-refractivity contribution in [2.24, 2.45) is 5.92 Å². The van der Waals surface area contributed by atoms with Crippen LogP contribution in [0.1, 0.15) is 64.7 Å². The first-order chi connectivity index (χ1) is 10.2. The minimum absolute atomic E-state index is 0.139. The molecule has 0 aromatic carbocycles. The highest BCUT2D eigenvalue weighted by molar-refractivity contribution is 5.87. The minimum Gasteiger partial charge on any atom is -0.393 e. The molecule has 0 aromatic heterocycles. The molecule has 1 saturated heterocycles. The molecule has 1 atom stereocenters. The van der Waals surface area contributed by atoms with Crippen LogP contribution < -0.4 is 5.32 Å². The second-order valence-electron chi connectivity index (χ2n) is 7.31. The zero-order chi connectivity index (χ0) is 14.9. The Labute approximate surface area is 128 Å². The standard InChI is InChI=1S/C17H30N2O2/c1-2-15(13-11-14(20)12-13)18-16(21)17(7-3-4-8-17)19-9-5-6-10-19/h13-15,20H,2-12H2,1H3,(H,18,21)/t13?,14?,15-/m1/s1. The number of amides is 1. The third kappa shape index (κ3) is 2.85. The number of aliphatic hydroxyl groups excluding tert-OH is 1. The molecule has 3 rings (SSSR count). The van der Waals surface area contributed by atoms with Crippen LogP contribution in [-0.2, 0) is 4.79 Å². The second kappa shape index (κ2) is 6.25. The average molecular weight is 294 g/mol. The molecule has 3 aliphatic rings. The van der Waals surface area contributed by atoms with Crippen molar-refractivity contribution in [1.29, 1.82) is 0 Å². The number of aliphatic hydroxyl groups is 1. The van der Waals surface area contributed by atoms with Gasteiger partial charge in [-0.15, -0.1) is 0 Å². The van der Waals surface area contributed by atoms with E-state index in [0.717, 1.165) is 45.2 Å². The Balaban J connectivity index is 1.66. The Kier molecular flexibility index (Phi) is 4.55. The number of nitrogens with one attached hydrogen (secondary N) is 1. The molecule has 0 radical (unpaired) electrons. The normalized spacial score (nSPS) is 33.6. The summed E-state index contributed by atoms with van der Waals surface area (Å²) >= 11 is 0. The van der Waals surface area contributed by atoms with Gasteiger partial charge >= 0.3 is 0 Å². The fraction of sp³-hybridized carbons (Fsp3) is 0.941. The van der Waals surface area contributed by atoms with Crippen LogP contribution in [0.25, 0.3) is 0 Å². The van der Waals surface area contributed by atoms with Gasteiger partial charge in [-0.05, 0) is 64.0 Å². The van der Waals surface area contributed by atoms with Crippen LogP contribution in [0.5, 0.6) is 0 Å². The third-order valence-corrected chi connectivity index (χ3v) is 6.04. The van der Waals surface area contributed by atoms with Crippen molar-refractivity contribution in [1.82, 2.24) is 10.2 Å². The van der Waals surface area contributed by atoms with Gasteiger partial charge in [-0.1, -0.05) is 19.8 Å². The molecule has 1 amide bonds. The molecule has 0 spiro atoms. The van der Waals surface area contributed by atoms with Gasteiger partial charge in [0.15, 0.2) is 0 Å². The second-order valence-corrected chi connectivity index (χ2v) is 7.31. The number of carbonyl (C=O) groups is 1. The van der Waals surface area contributed by atoms with E-state index in [1.165, 1.54) is 25.7 Å². The molecule has 4 nitrogen and oxygen atoms in total. The molecule has 4 heteroatoms. The highest BCUT2D eigenvalue weighted by atomic mass is 16.3. The maximum Gasteiger partial charge on any atom is 0.240 e. The van der Waals surface area contributed by atoms with Crippen molar-refractivity contribution in [3.8, 4) is 0 Å². The zero-order valence-corrected chi connectivity index (χ0v) is 13.3. The Morgan fingerprint density at radius 2 is 1.86 bits per heavy atom. The lowest BCUT2D eigenvalue weighted by molar-refractivity contribution is -0.134. The monoisotopic (exact) mass is 294 g/mol. The van der Waals surface area contributed by atoms with Gasteiger partial charge in [0.1, 0.15) is 5.54 Å². The summed E-state index contributed by atoms with van der Waals surface area (Å²) < 4.78 is 0. The Morgan fingerprint density at radius 1 is 1.24 bits per heavy atom. The van der Waals surface area contributed by atoms with Crippen LogP contribution in [-0.4, -0.2) is 46.7 Å². The summed E-state index contributed by atoms with van der Waals surface area (Å²) in [5.74, 6) is 0.751. The summed E-state index contributed by atoms with van der Waals surface area (Å²) in [4.78, 5) is 15.5. The molecule has 120 valence electrons. The summed E-state index contributed by atoms with van der Waals surface area (Å²) in [5.41, 5.74) is -0.216. The topological polar surface area (TPSA) is 52.6 Å². The first-order valence-electron chi connectivity index (χ1n) is 8.90. The van der Waals surface area contributed by atoms with Gasteiger partial charge in [-0.2, -0.15) is 0 Å². The molecule has 2 aliphatic carbocycles. The lowest BCUT2D eigenvalue weighted by atomic mass is 9.76. The van der Waals surface area contributed by atoms with Crippen molar-refractivity contribution in [3.63, 3.8) is 0 Å². The molecular weight excluding hydrogens is 264 g/mol. The lowest BCUT2D eigenvalue weighted by Gasteiger charge is -2.42. The zero-order valence-electron chi connectivity index (χ0n) is 13.3. The van der Waals surface area contributed by atoms with E-state index < -0.39 is 0 Å². The molecule has 1 heterocycles. The average Bonchev–Trinajstić information content (AvgIpc) is 3.11. The Bertz CT molecular complexity index is 367. The van der Waals surface area contributed by atoms with Crippen molar-refractivity contribution < 1.29 is 9.90 Å². The minimum atomic E-state index is -0.216. The molecule has 21 heavy (non-hydrogen) atoms. The summed E-state index contributed by atoms with van der Waals surface area (Å²) in [6, 6.07) is 0.251. The van der Waals surface area contributed by atoms with E-state index in [-0.39, 0.29) is 23.6 Å². The molecule has 2 saturated carbocycles. The van der Waals surface area contributed by atoms with E-state index in [1.807, 2.05) is 0 Å². The van der Waals surface area contributed by atoms with Crippen molar-refractivity contribution in [3.05, 3.63) is 0 Å². The fourth-order valence-electron chi connectivity index (χ4n) is 4.61. The van der Waals surface area contributed by atoms with E-state index in [9.17, 15) is 9.90 Å². The van der Waals surface area contributed by atoms with E-state index in [4.69, 9.17) is 0 Å². The largest absolute Gasteiger partial charge is 0.393 e. The molecular formula is C17H30N2O2. The van der Waals surface area contributed by atoms with Crippen molar-refractivity contribution in [2.45, 2.75) is 82.4 Å². The van der Waals surface area contributed by atoms with Gasteiger partial charge in [-0.3, -0.25) is 9.69 Å². The number of hydrogen-bond acceptors (Lipinski definition) is 3. The quantitative estimate of drug-likeness (QED) is 0.816. The van der Waals surface area contributed by atoms with Gasteiger partial charge in [0.2, 0.25) is 5.91 Å². The van der Waals surface area contributed by atoms with Crippen LogP contribution in [0.15, 0.2) is 0 Å². The molecule has 2 N–H and O–H groups in total. The lowest BCUT2D eigenvalue weighted by Crippen LogP contribution is -2.59. The van der Waals surface area contributed by atoms with Gasteiger partial charge in [0.25, 0.3) is 0 Å². The first-order valence-corrected chi connectivity index (χ1v) is 8.90. The summed E-state index contributed by atoms with van der Waals surface area (Å²) in [5, 5.41) is 12.9. The predicted octanol–water partition coefficient (Wildman–Crippen LogP) is 2.06. The van der Waals surface area contributed by atoms with Crippen LogP contribution >= 0.6 is 0 Å². The maximum atomic E-state index is 13.0. The number of likely N-dealkylation sites (tertiary alicyclic amines) is 1. The summed E-state index contributed by atoms with van der Waals surface area (Å²) in [6.45, 7) is 4.32. The molecule has 1 aliphatic heterocycles. The number of nitrogens with zero attached hydrogens (tertiary/aromatic N) is 1. The molecule has 3 fully saturated rings. The van der Waals surface area contributed by atoms with Gasteiger partial charge in [0, 0.05) is 6.04 Å². The van der Waals surface area contributed by atoms with Crippen molar-refractivity contribution in [2.75, 3.05) is 13.1 Å².